The summed E-state index contributed by atoms with van der Waals surface area (Å²) in [5.74, 6) is 0.249. The van der Waals surface area contributed by atoms with Crippen molar-refractivity contribution in [2.75, 3.05) is 13.2 Å². The van der Waals surface area contributed by atoms with Gasteiger partial charge in [0.1, 0.15) is 0 Å². The van der Waals surface area contributed by atoms with Crippen LogP contribution in [0.2, 0.25) is 0 Å². The van der Waals surface area contributed by atoms with Crippen molar-refractivity contribution in [3.63, 3.8) is 0 Å². The highest BCUT2D eigenvalue weighted by Crippen LogP contribution is 2.24. The number of benzene rings is 1. The van der Waals surface area contributed by atoms with Crippen molar-refractivity contribution in [2.24, 2.45) is 5.92 Å². The van der Waals surface area contributed by atoms with Crippen LogP contribution in [0, 0.1) is 5.92 Å². The molecule has 1 heterocycles. The Hall–Kier alpha value is -0.860. The maximum atomic E-state index is 9.93. The first-order chi connectivity index (χ1) is 8.47. The highest BCUT2D eigenvalue weighted by molar-refractivity contribution is 5.27. The van der Waals surface area contributed by atoms with Crippen molar-refractivity contribution in [2.45, 2.75) is 45.1 Å². The van der Waals surface area contributed by atoms with E-state index in [4.69, 9.17) is 4.74 Å². The standard InChI is InChI=1S/C16H24O2/c1-16(2,3)14-6-4-12(5-7-14)10-13-11-18-9-8-15(13)17/h4-7,13,15,17H,8-11H2,1-3H3. The third kappa shape index (κ3) is 3.33. The molecule has 100 valence electrons. The Morgan fingerprint density at radius 1 is 1.22 bits per heavy atom. The van der Waals surface area contributed by atoms with Gasteiger partial charge in [0.2, 0.25) is 0 Å². The molecule has 0 spiro atoms. The Morgan fingerprint density at radius 3 is 2.44 bits per heavy atom. The maximum Gasteiger partial charge on any atom is 0.0615 e. The van der Waals surface area contributed by atoms with Crippen molar-refractivity contribution >= 4 is 0 Å². The molecular formula is C16H24O2. The third-order valence-corrected chi connectivity index (χ3v) is 3.75. The number of aliphatic hydroxyl groups is 1. The second-order valence-corrected chi connectivity index (χ2v) is 6.34. The molecule has 18 heavy (non-hydrogen) atoms. The van der Waals surface area contributed by atoms with Crippen molar-refractivity contribution in [3.05, 3.63) is 35.4 Å². The lowest BCUT2D eigenvalue weighted by Gasteiger charge is -2.28. The molecule has 2 unspecified atom stereocenters. The fourth-order valence-electron chi connectivity index (χ4n) is 2.42. The normalized spacial score (nSPS) is 25.1. The van der Waals surface area contributed by atoms with Crippen molar-refractivity contribution in [1.82, 2.24) is 0 Å². The lowest BCUT2D eigenvalue weighted by Crippen LogP contribution is -2.33. The molecule has 1 N–H and O–H groups in total. The van der Waals surface area contributed by atoms with E-state index in [1.54, 1.807) is 0 Å². The summed E-state index contributed by atoms with van der Waals surface area (Å²) < 4.78 is 5.44. The molecule has 1 aliphatic rings. The molecule has 0 bridgehead atoms. The van der Waals surface area contributed by atoms with Crippen LogP contribution >= 0.6 is 0 Å². The quantitative estimate of drug-likeness (QED) is 0.872. The molecule has 1 aromatic carbocycles. The van der Waals surface area contributed by atoms with Crippen LogP contribution in [-0.2, 0) is 16.6 Å². The van der Waals surface area contributed by atoms with Gasteiger partial charge in [0.05, 0.1) is 12.7 Å². The van der Waals surface area contributed by atoms with Crippen LogP contribution in [0.4, 0.5) is 0 Å². The van der Waals surface area contributed by atoms with Gasteiger partial charge in [-0.3, -0.25) is 0 Å². The van der Waals surface area contributed by atoms with Crippen LogP contribution in [0.5, 0.6) is 0 Å². The Kier molecular flexibility index (Phi) is 4.08. The summed E-state index contributed by atoms with van der Waals surface area (Å²) in [6, 6.07) is 8.76. The highest BCUT2D eigenvalue weighted by Gasteiger charge is 2.24. The number of aliphatic hydroxyl groups excluding tert-OH is 1. The Morgan fingerprint density at radius 2 is 1.89 bits per heavy atom. The van der Waals surface area contributed by atoms with Gasteiger partial charge >= 0.3 is 0 Å². The average Bonchev–Trinajstić information content (AvgIpc) is 2.32. The summed E-state index contributed by atoms with van der Waals surface area (Å²) in [6.07, 6.45) is 1.47. The molecule has 0 aliphatic carbocycles. The summed E-state index contributed by atoms with van der Waals surface area (Å²) >= 11 is 0. The van der Waals surface area contributed by atoms with E-state index in [-0.39, 0.29) is 17.4 Å². The molecule has 0 saturated carbocycles. The minimum absolute atomic E-state index is 0.200. The van der Waals surface area contributed by atoms with Gasteiger partial charge in [-0.1, -0.05) is 45.0 Å². The fourth-order valence-corrected chi connectivity index (χ4v) is 2.42. The number of rotatable bonds is 2. The van der Waals surface area contributed by atoms with E-state index in [1.807, 2.05) is 0 Å². The van der Waals surface area contributed by atoms with E-state index >= 15 is 0 Å². The topological polar surface area (TPSA) is 29.5 Å². The van der Waals surface area contributed by atoms with Crippen LogP contribution in [0.15, 0.2) is 24.3 Å². The molecule has 1 aromatic rings. The first kappa shape index (κ1) is 13.6. The summed E-state index contributed by atoms with van der Waals surface area (Å²) in [7, 11) is 0. The van der Waals surface area contributed by atoms with Crippen molar-refractivity contribution < 1.29 is 9.84 Å². The Bertz CT molecular complexity index is 375. The van der Waals surface area contributed by atoms with Gasteiger partial charge in [0.25, 0.3) is 0 Å². The number of ether oxygens (including phenoxy) is 1. The summed E-state index contributed by atoms with van der Waals surface area (Å²) in [5.41, 5.74) is 2.84. The van der Waals surface area contributed by atoms with E-state index in [0.717, 1.165) is 12.8 Å². The van der Waals surface area contributed by atoms with Crippen LogP contribution in [0.3, 0.4) is 0 Å². The molecule has 1 saturated heterocycles. The van der Waals surface area contributed by atoms with Crippen LogP contribution in [0.25, 0.3) is 0 Å². The minimum atomic E-state index is -0.207. The van der Waals surface area contributed by atoms with Gasteiger partial charge in [-0.2, -0.15) is 0 Å². The second kappa shape index (κ2) is 5.41. The molecule has 0 amide bonds. The number of hydrogen-bond acceptors (Lipinski definition) is 2. The molecule has 2 atom stereocenters. The predicted octanol–water partition coefficient (Wildman–Crippen LogP) is 2.92. The van der Waals surface area contributed by atoms with Crippen LogP contribution in [-0.4, -0.2) is 24.4 Å². The van der Waals surface area contributed by atoms with Gasteiger partial charge < -0.3 is 9.84 Å². The number of hydrogen-bond donors (Lipinski definition) is 1. The first-order valence-corrected chi connectivity index (χ1v) is 6.82. The summed E-state index contributed by atoms with van der Waals surface area (Å²) in [5, 5.41) is 9.93. The van der Waals surface area contributed by atoms with E-state index in [9.17, 15) is 5.11 Å². The lowest BCUT2D eigenvalue weighted by atomic mass is 9.85. The zero-order valence-electron chi connectivity index (χ0n) is 11.6. The van der Waals surface area contributed by atoms with Gasteiger partial charge in [0, 0.05) is 12.5 Å². The Balaban J connectivity index is 2.02. The lowest BCUT2D eigenvalue weighted by molar-refractivity contribution is -0.0350. The molecule has 2 rings (SSSR count). The summed E-state index contributed by atoms with van der Waals surface area (Å²) in [6.45, 7) is 8.05. The van der Waals surface area contributed by atoms with Gasteiger partial charge in [-0.05, 0) is 29.4 Å². The van der Waals surface area contributed by atoms with Crippen molar-refractivity contribution in [3.8, 4) is 0 Å². The Labute approximate surface area is 110 Å². The third-order valence-electron chi connectivity index (χ3n) is 3.75. The van der Waals surface area contributed by atoms with E-state index in [1.165, 1.54) is 11.1 Å². The minimum Gasteiger partial charge on any atom is -0.393 e. The zero-order chi connectivity index (χ0) is 13.2. The largest absolute Gasteiger partial charge is 0.393 e. The molecule has 1 fully saturated rings. The zero-order valence-corrected chi connectivity index (χ0v) is 11.6. The van der Waals surface area contributed by atoms with Crippen molar-refractivity contribution in [1.29, 1.82) is 0 Å². The highest BCUT2D eigenvalue weighted by atomic mass is 16.5. The van der Waals surface area contributed by atoms with E-state index in [0.29, 0.717) is 13.2 Å². The molecular weight excluding hydrogens is 224 g/mol. The van der Waals surface area contributed by atoms with E-state index in [2.05, 4.69) is 45.0 Å². The van der Waals surface area contributed by atoms with Gasteiger partial charge in [-0.15, -0.1) is 0 Å². The second-order valence-electron chi connectivity index (χ2n) is 6.34. The molecule has 2 nitrogen and oxygen atoms in total. The molecule has 1 aliphatic heterocycles. The smallest absolute Gasteiger partial charge is 0.0615 e. The van der Waals surface area contributed by atoms with Gasteiger partial charge in [-0.25, -0.2) is 0 Å². The maximum absolute atomic E-state index is 9.93. The van der Waals surface area contributed by atoms with E-state index < -0.39 is 0 Å². The van der Waals surface area contributed by atoms with Gasteiger partial charge in [0.15, 0.2) is 0 Å². The molecule has 2 heteroatoms. The fraction of sp³-hybridized carbons (Fsp3) is 0.625. The average molecular weight is 248 g/mol. The molecule has 0 radical (unpaired) electrons. The van der Waals surface area contributed by atoms with Crippen LogP contribution < -0.4 is 0 Å². The SMILES string of the molecule is CC(C)(C)c1ccc(CC2COCCC2O)cc1. The first-order valence-electron chi connectivity index (χ1n) is 6.82. The summed E-state index contributed by atoms with van der Waals surface area (Å²) in [4.78, 5) is 0. The predicted molar refractivity (Wildman–Crippen MR) is 73.8 cm³/mol. The van der Waals surface area contributed by atoms with Crippen LogP contribution in [0.1, 0.15) is 38.3 Å². The molecule has 0 aromatic heterocycles. The monoisotopic (exact) mass is 248 g/mol.